The van der Waals surface area contributed by atoms with Crippen molar-refractivity contribution >= 4 is 46.0 Å². The third-order valence-corrected chi connectivity index (χ3v) is 10.3. The van der Waals surface area contributed by atoms with Crippen molar-refractivity contribution in [2.24, 2.45) is 0 Å². The van der Waals surface area contributed by atoms with Gasteiger partial charge in [0.1, 0.15) is 0 Å². The average molecular weight is 436 g/mol. The molecule has 0 saturated heterocycles. The molecule has 0 radical (unpaired) electrons. The van der Waals surface area contributed by atoms with Crippen LogP contribution in [0.4, 0.5) is 11.4 Å². The molecule has 0 saturated carbocycles. The molecule has 0 atom stereocenters. The summed E-state index contributed by atoms with van der Waals surface area (Å²) >= 11 is 0. The molecule has 0 aliphatic carbocycles. The standard InChI is InChI=1S/C28H25N2OP/c1-29-25-18-16-20-10-6-8-14-23(20)27(25)28-24-15-9-7-11-21(24)17-19-26(28)30(2)32(29,31)22-12-4-3-5-13-22/h3-19,31-32H,1-2H3. The minimum atomic E-state index is -3.28. The molecule has 1 heterocycles. The van der Waals surface area contributed by atoms with Gasteiger partial charge < -0.3 is 0 Å². The van der Waals surface area contributed by atoms with Gasteiger partial charge in [-0.25, -0.2) is 0 Å². The van der Waals surface area contributed by atoms with Crippen molar-refractivity contribution < 1.29 is 4.89 Å². The molecule has 6 rings (SSSR count). The van der Waals surface area contributed by atoms with Gasteiger partial charge in [0.25, 0.3) is 0 Å². The van der Waals surface area contributed by atoms with Gasteiger partial charge >= 0.3 is 189 Å². The van der Waals surface area contributed by atoms with E-state index in [4.69, 9.17) is 0 Å². The average Bonchev–Trinajstić information content (AvgIpc) is 2.93. The third-order valence-electron chi connectivity index (χ3n) is 6.88. The number of hydrogen-bond donors (Lipinski definition) is 1. The predicted octanol–water partition coefficient (Wildman–Crippen LogP) is 6.36. The summed E-state index contributed by atoms with van der Waals surface area (Å²) < 4.78 is 4.28. The molecular weight excluding hydrogens is 411 g/mol. The van der Waals surface area contributed by atoms with E-state index in [9.17, 15) is 4.89 Å². The first-order chi connectivity index (χ1) is 15.6. The number of benzene rings is 5. The Morgan fingerprint density at radius 3 is 1.47 bits per heavy atom. The topological polar surface area (TPSA) is 26.7 Å². The van der Waals surface area contributed by atoms with Crippen LogP contribution in [0.3, 0.4) is 0 Å². The maximum absolute atomic E-state index is 12.5. The molecule has 3 nitrogen and oxygen atoms in total. The zero-order valence-corrected chi connectivity index (χ0v) is 19.2. The molecule has 0 fully saturated rings. The van der Waals surface area contributed by atoms with Crippen LogP contribution in [0.15, 0.2) is 103 Å². The van der Waals surface area contributed by atoms with E-state index in [-0.39, 0.29) is 0 Å². The van der Waals surface area contributed by atoms with Crippen LogP contribution in [-0.4, -0.2) is 19.0 Å². The van der Waals surface area contributed by atoms with Crippen LogP contribution >= 0.6 is 7.79 Å². The van der Waals surface area contributed by atoms with Gasteiger partial charge in [0, 0.05) is 0 Å². The summed E-state index contributed by atoms with van der Waals surface area (Å²) in [6.07, 6.45) is 0. The van der Waals surface area contributed by atoms with E-state index in [1.165, 1.54) is 32.7 Å². The molecule has 158 valence electrons. The second-order valence-electron chi connectivity index (χ2n) is 8.48. The van der Waals surface area contributed by atoms with Crippen molar-refractivity contribution in [1.29, 1.82) is 0 Å². The van der Waals surface area contributed by atoms with Crippen LogP contribution in [0.5, 0.6) is 0 Å². The van der Waals surface area contributed by atoms with Gasteiger partial charge in [0.15, 0.2) is 0 Å². The van der Waals surface area contributed by atoms with Gasteiger partial charge in [-0.3, -0.25) is 0 Å². The Kier molecular flexibility index (Phi) is 4.26. The Hall–Kier alpha value is -3.39. The first-order valence-corrected chi connectivity index (χ1v) is 12.7. The van der Waals surface area contributed by atoms with Crippen molar-refractivity contribution in [1.82, 2.24) is 0 Å². The van der Waals surface area contributed by atoms with Gasteiger partial charge in [-0.15, -0.1) is 0 Å². The molecular formula is C28H25N2OP. The van der Waals surface area contributed by atoms with Crippen LogP contribution in [0.2, 0.25) is 0 Å². The number of fused-ring (bicyclic) bond motifs is 7. The molecule has 0 aromatic heterocycles. The van der Waals surface area contributed by atoms with Crippen LogP contribution in [0.1, 0.15) is 0 Å². The summed E-state index contributed by atoms with van der Waals surface area (Å²) in [7, 11) is 0.798. The summed E-state index contributed by atoms with van der Waals surface area (Å²) in [5.74, 6) is 0. The quantitative estimate of drug-likeness (QED) is 0.310. The van der Waals surface area contributed by atoms with Crippen molar-refractivity contribution in [3.8, 4) is 11.1 Å². The molecule has 0 bridgehead atoms. The summed E-state index contributed by atoms with van der Waals surface area (Å²) in [4.78, 5) is 12.5. The van der Waals surface area contributed by atoms with E-state index in [0.717, 1.165) is 16.7 Å². The summed E-state index contributed by atoms with van der Waals surface area (Å²) in [5.41, 5.74) is 4.49. The van der Waals surface area contributed by atoms with Crippen molar-refractivity contribution in [2.45, 2.75) is 0 Å². The van der Waals surface area contributed by atoms with E-state index < -0.39 is 7.79 Å². The Bertz CT molecular complexity index is 1390. The van der Waals surface area contributed by atoms with E-state index in [1.807, 2.05) is 44.4 Å². The van der Waals surface area contributed by atoms with Crippen LogP contribution < -0.4 is 14.6 Å². The molecule has 0 amide bonds. The Morgan fingerprint density at radius 2 is 0.969 bits per heavy atom. The fourth-order valence-electron chi connectivity index (χ4n) is 5.21. The first kappa shape index (κ1) is 19.3. The molecule has 4 heteroatoms. The van der Waals surface area contributed by atoms with Crippen LogP contribution in [-0.2, 0) is 0 Å². The fourth-order valence-corrected chi connectivity index (χ4v) is 8.12. The van der Waals surface area contributed by atoms with E-state index in [0.29, 0.717) is 0 Å². The summed E-state index contributed by atoms with van der Waals surface area (Å²) in [6.45, 7) is 0. The van der Waals surface area contributed by atoms with Gasteiger partial charge in [-0.05, 0) is 0 Å². The van der Waals surface area contributed by atoms with Crippen molar-refractivity contribution in [3.63, 3.8) is 0 Å². The van der Waals surface area contributed by atoms with Gasteiger partial charge in [-0.1, -0.05) is 0 Å². The van der Waals surface area contributed by atoms with Crippen molar-refractivity contribution in [2.75, 3.05) is 23.4 Å². The van der Waals surface area contributed by atoms with E-state index >= 15 is 0 Å². The normalized spacial score (nSPS) is 15.8. The molecule has 32 heavy (non-hydrogen) atoms. The molecule has 5 aromatic rings. The molecule has 0 unspecified atom stereocenters. The van der Waals surface area contributed by atoms with E-state index in [2.05, 4.69) is 82.1 Å². The number of anilines is 2. The van der Waals surface area contributed by atoms with Gasteiger partial charge in [-0.2, -0.15) is 0 Å². The molecule has 5 aromatic carbocycles. The zero-order valence-electron chi connectivity index (χ0n) is 18.2. The predicted molar refractivity (Wildman–Crippen MR) is 140 cm³/mol. The van der Waals surface area contributed by atoms with E-state index in [1.54, 1.807) is 0 Å². The second-order valence-corrected chi connectivity index (χ2v) is 11.7. The zero-order chi connectivity index (χ0) is 21.9. The van der Waals surface area contributed by atoms with Crippen molar-refractivity contribution in [3.05, 3.63) is 103 Å². The maximum atomic E-state index is 12.5. The molecule has 0 spiro atoms. The summed E-state index contributed by atoms with van der Waals surface area (Å²) in [6, 6.07) is 35.9. The van der Waals surface area contributed by atoms with Crippen LogP contribution in [0, 0.1) is 0 Å². The van der Waals surface area contributed by atoms with Crippen LogP contribution in [0.25, 0.3) is 32.7 Å². The number of nitrogens with zero attached hydrogens (tertiary/aromatic N) is 2. The SMILES string of the molecule is CN1c2ccc3ccccc3c2-c2c(ccc3ccccc23)N(C)[PH]1(O)c1ccccc1. The fraction of sp³-hybridized carbons (Fsp3) is 0.0714. The summed E-state index contributed by atoms with van der Waals surface area (Å²) in [5, 5.41) is 5.77. The molecule has 1 N–H and O–H groups in total. The third kappa shape index (κ3) is 2.56. The molecule has 1 aliphatic heterocycles. The minimum absolute atomic E-state index is 0.963. The first-order valence-electron chi connectivity index (χ1n) is 10.9. The Labute approximate surface area is 188 Å². The number of hydrogen-bond acceptors (Lipinski definition) is 3. The Morgan fingerprint density at radius 1 is 0.531 bits per heavy atom. The number of rotatable bonds is 1. The van der Waals surface area contributed by atoms with Gasteiger partial charge in [0.05, 0.1) is 0 Å². The van der Waals surface area contributed by atoms with Gasteiger partial charge in [0.2, 0.25) is 0 Å². The second kappa shape index (κ2) is 7.06. The molecule has 1 aliphatic rings. The monoisotopic (exact) mass is 436 g/mol. The Balaban J connectivity index is 1.82.